The van der Waals surface area contributed by atoms with Crippen LogP contribution in [0, 0.1) is 0 Å². The first-order valence-electron chi connectivity index (χ1n) is 9.17. The molecule has 0 spiro atoms. The predicted molar refractivity (Wildman–Crippen MR) is 108 cm³/mol. The first-order chi connectivity index (χ1) is 14.1. The molecule has 3 aromatic rings. The Morgan fingerprint density at radius 2 is 1.69 bits per heavy atom. The molecule has 0 aliphatic carbocycles. The Labute approximate surface area is 169 Å². The average Bonchev–Trinajstić information content (AvgIpc) is 3.19. The van der Waals surface area contributed by atoms with E-state index >= 15 is 0 Å². The Bertz CT molecular complexity index is 968. The minimum atomic E-state index is -0.607. The van der Waals surface area contributed by atoms with E-state index < -0.39 is 5.97 Å². The number of carbonyl (C=O) groups excluding carboxylic acids is 2. The number of nitrogens with zero attached hydrogens (tertiary/aromatic N) is 4. The van der Waals surface area contributed by atoms with Crippen molar-refractivity contribution >= 4 is 18.0 Å². The van der Waals surface area contributed by atoms with Gasteiger partial charge in [-0.05, 0) is 17.2 Å². The molecule has 0 N–H and O–H groups in total. The second-order valence-electron chi connectivity index (χ2n) is 6.50. The molecule has 0 radical (unpaired) electrons. The van der Waals surface area contributed by atoms with Crippen LogP contribution < -0.4 is 0 Å². The maximum absolute atomic E-state index is 12.1. The number of esters is 1. The highest BCUT2D eigenvalue weighted by molar-refractivity contribution is 5.88. The second kappa shape index (κ2) is 9.98. The summed E-state index contributed by atoms with van der Waals surface area (Å²) in [5.74, 6) is -0.881. The van der Waals surface area contributed by atoms with Gasteiger partial charge in [0.1, 0.15) is 5.69 Å². The van der Waals surface area contributed by atoms with Gasteiger partial charge in [0.15, 0.2) is 6.61 Å². The summed E-state index contributed by atoms with van der Waals surface area (Å²) in [4.78, 5) is 25.5. The van der Waals surface area contributed by atoms with E-state index in [2.05, 4.69) is 10.3 Å². The van der Waals surface area contributed by atoms with E-state index in [-0.39, 0.29) is 12.5 Å². The van der Waals surface area contributed by atoms with Crippen molar-refractivity contribution in [3.8, 4) is 0 Å². The van der Waals surface area contributed by atoms with Gasteiger partial charge in [0.05, 0.1) is 12.7 Å². The fourth-order valence-corrected chi connectivity index (χ4v) is 2.63. The number of likely N-dealkylation sites (N-methyl/N-ethyl adjacent to an activating group) is 1. The predicted octanol–water partition coefficient (Wildman–Crippen LogP) is 2.54. The lowest BCUT2D eigenvalue weighted by Crippen LogP contribution is -2.30. The zero-order valence-corrected chi connectivity index (χ0v) is 16.1. The van der Waals surface area contributed by atoms with Gasteiger partial charge in [-0.1, -0.05) is 65.9 Å². The van der Waals surface area contributed by atoms with E-state index in [4.69, 9.17) is 4.74 Å². The Morgan fingerprint density at radius 3 is 2.38 bits per heavy atom. The van der Waals surface area contributed by atoms with Crippen LogP contribution in [-0.4, -0.2) is 45.4 Å². The van der Waals surface area contributed by atoms with Gasteiger partial charge >= 0.3 is 5.97 Å². The highest BCUT2D eigenvalue weighted by atomic mass is 16.5. The summed E-state index contributed by atoms with van der Waals surface area (Å²) in [7, 11) is 1.67. The molecule has 0 atom stereocenters. The van der Waals surface area contributed by atoms with Crippen LogP contribution >= 0.6 is 0 Å². The molecule has 1 amide bonds. The number of hydrogen-bond acceptors (Lipinski definition) is 5. The summed E-state index contributed by atoms with van der Waals surface area (Å²) >= 11 is 0. The van der Waals surface area contributed by atoms with E-state index in [1.807, 2.05) is 60.7 Å². The standard InChI is InChI=1S/C22H22N4O3/c1-25(14-18-8-4-2-5-9-18)21(27)17-29-22(28)13-12-20-16-26(24-23-20)15-19-10-6-3-7-11-19/h2-13,16H,14-15,17H2,1H3/b13-12+. The van der Waals surface area contributed by atoms with Crippen LogP contribution in [0.5, 0.6) is 0 Å². The zero-order chi connectivity index (χ0) is 20.5. The zero-order valence-electron chi connectivity index (χ0n) is 16.1. The molecule has 0 saturated carbocycles. The molecule has 0 aliphatic rings. The Kier molecular flexibility index (Phi) is 6.89. The van der Waals surface area contributed by atoms with Crippen LogP contribution in [0.4, 0.5) is 0 Å². The monoisotopic (exact) mass is 390 g/mol. The molecule has 29 heavy (non-hydrogen) atoms. The first-order valence-corrected chi connectivity index (χ1v) is 9.17. The van der Waals surface area contributed by atoms with Gasteiger partial charge in [0.2, 0.25) is 0 Å². The normalized spacial score (nSPS) is 10.8. The van der Waals surface area contributed by atoms with Crippen molar-refractivity contribution in [3.63, 3.8) is 0 Å². The minimum absolute atomic E-state index is 0.274. The molecule has 0 unspecified atom stereocenters. The van der Waals surface area contributed by atoms with Gasteiger partial charge in [-0.25, -0.2) is 9.48 Å². The highest BCUT2D eigenvalue weighted by Gasteiger charge is 2.11. The Hall–Kier alpha value is -3.74. The summed E-state index contributed by atoms with van der Waals surface area (Å²) in [5, 5.41) is 8.03. The summed E-state index contributed by atoms with van der Waals surface area (Å²) < 4.78 is 6.70. The summed E-state index contributed by atoms with van der Waals surface area (Å²) in [6.45, 7) is 0.735. The van der Waals surface area contributed by atoms with Crippen LogP contribution in [0.3, 0.4) is 0 Å². The third-order valence-electron chi connectivity index (χ3n) is 4.16. The van der Waals surface area contributed by atoms with E-state index in [1.54, 1.807) is 17.9 Å². The number of amides is 1. The average molecular weight is 390 g/mol. The van der Waals surface area contributed by atoms with Crippen molar-refractivity contribution < 1.29 is 14.3 Å². The van der Waals surface area contributed by atoms with Gasteiger partial charge in [-0.15, -0.1) is 5.10 Å². The molecule has 1 heterocycles. The maximum atomic E-state index is 12.1. The summed E-state index contributed by atoms with van der Waals surface area (Å²) in [6.07, 6.45) is 4.48. The van der Waals surface area contributed by atoms with Crippen LogP contribution in [-0.2, 0) is 27.4 Å². The van der Waals surface area contributed by atoms with Crippen molar-refractivity contribution in [1.82, 2.24) is 19.9 Å². The molecule has 3 rings (SSSR count). The number of benzene rings is 2. The highest BCUT2D eigenvalue weighted by Crippen LogP contribution is 2.05. The molecular formula is C22H22N4O3. The summed E-state index contributed by atoms with van der Waals surface area (Å²) in [5.41, 5.74) is 2.64. The van der Waals surface area contributed by atoms with E-state index in [0.29, 0.717) is 18.8 Å². The number of rotatable bonds is 8. The fraction of sp³-hybridized carbons (Fsp3) is 0.182. The molecule has 0 fully saturated rings. The van der Waals surface area contributed by atoms with Crippen molar-refractivity contribution in [2.45, 2.75) is 13.1 Å². The van der Waals surface area contributed by atoms with Crippen molar-refractivity contribution in [1.29, 1.82) is 0 Å². The molecule has 0 saturated heterocycles. The molecule has 2 aromatic carbocycles. The number of ether oxygens (including phenoxy) is 1. The third kappa shape index (κ3) is 6.42. The van der Waals surface area contributed by atoms with Crippen molar-refractivity contribution in [2.24, 2.45) is 0 Å². The van der Waals surface area contributed by atoms with E-state index in [0.717, 1.165) is 11.1 Å². The minimum Gasteiger partial charge on any atom is -0.452 e. The number of aromatic nitrogens is 3. The van der Waals surface area contributed by atoms with E-state index in [1.165, 1.54) is 17.1 Å². The van der Waals surface area contributed by atoms with Crippen LogP contribution in [0.15, 0.2) is 72.9 Å². The number of hydrogen-bond donors (Lipinski definition) is 0. The quantitative estimate of drug-likeness (QED) is 0.436. The maximum Gasteiger partial charge on any atom is 0.331 e. The van der Waals surface area contributed by atoms with Crippen LogP contribution in [0.2, 0.25) is 0 Å². The molecule has 7 heteroatoms. The lowest BCUT2D eigenvalue weighted by atomic mass is 10.2. The third-order valence-corrected chi connectivity index (χ3v) is 4.16. The molecule has 1 aromatic heterocycles. The van der Waals surface area contributed by atoms with Crippen LogP contribution in [0.25, 0.3) is 6.08 Å². The van der Waals surface area contributed by atoms with Gasteiger partial charge in [0.25, 0.3) is 5.91 Å². The largest absolute Gasteiger partial charge is 0.452 e. The first kappa shape index (κ1) is 20.0. The Balaban J connectivity index is 1.44. The molecule has 7 nitrogen and oxygen atoms in total. The van der Waals surface area contributed by atoms with Gasteiger partial charge in [-0.3, -0.25) is 4.79 Å². The SMILES string of the molecule is CN(Cc1ccccc1)C(=O)COC(=O)/C=C/c1cn(Cc2ccccc2)nn1. The van der Waals surface area contributed by atoms with Crippen molar-refractivity contribution in [3.05, 3.63) is 89.8 Å². The van der Waals surface area contributed by atoms with E-state index in [9.17, 15) is 9.59 Å². The molecule has 0 aliphatic heterocycles. The van der Waals surface area contributed by atoms with Gasteiger partial charge < -0.3 is 9.64 Å². The lowest BCUT2D eigenvalue weighted by molar-refractivity contribution is -0.147. The number of carbonyl (C=O) groups is 2. The van der Waals surface area contributed by atoms with Gasteiger partial charge in [-0.2, -0.15) is 0 Å². The Morgan fingerprint density at radius 1 is 1.03 bits per heavy atom. The van der Waals surface area contributed by atoms with Crippen molar-refractivity contribution in [2.75, 3.05) is 13.7 Å². The van der Waals surface area contributed by atoms with Gasteiger partial charge in [0, 0.05) is 19.7 Å². The summed E-state index contributed by atoms with van der Waals surface area (Å²) in [6, 6.07) is 19.5. The molecule has 0 bridgehead atoms. The smallest absolute Gasteiger partial charge is 0.331 e. The topological polar surface area (TPSA) is 77.3 Å². The fourth-order valence-electron chi connectivity index (χ4n) is 2.63. The second-order valence-corrected chi connectivity index (χ2v) is 6.50. The van der Waals surface area contributed by atoms with Crippen LogP contribution in [0.1, 0.15) is 16.8 Å². The molecule has 148 valence electrons. The molecular weight excluding hydrogens is 368 g/mol. The lowest BCUT2D eigenvalue weighted by Gasteiger charge is -2.16.